The molecule has 2 aliphatic rings. The third-order valence-corrected chi connectivity index (χ3v) is 7.62. The second-order valence-corrected chi connectivity index (χ2v) is 10.0. The van der Waals surface area contributed by atoms with E-state index in [4.69, 9.17) is 23.2 Å². The highest BCUT2D eigenvalue weighted by atomic mass is 35.5. The smallest absolute Gasteiger partial charge is 0.261 e. The lowest BCUT2D eigenvalue weighted by atomic mass is 9.95. The molecule has 0 radical (unpaired) electrons. The normalized spacial score (nSPS) is 23.6. The molecule has 0 aromatic heterocycles. The first kappa shape index (κ1) is 19.6. The van der Waals surface area contributed by atoms with Crippen LogP contribution >= 0.6 is 23.2 Å². The van der Waals surface area contributed by atoms with E-state index in [1.807, 2.05) is 0 Å². The summed E-state index contributed by atoms with van der Waals surface area (Å²) in [4.78, 5) is 12.8. The number of anilines is 1. The van der Waals surface area contributed by atoms with E-state index in [0.29, 0.717) is 16.9 Å². The summed E-state index contributed by atoms with van der Waals surface area (Å²) in [5.41, 5.74) is 0.540. The summed E-state index contributed by atoms with van der Waals surface area (Å²) in [7, 11) is -3.80. The van der Waals surface area contributed by atoms with E-state index in [0.717, 1.165) is 12.8 Å². The summed E-state index contributed by atoms with van der Waals surface area (Å²) in [5.74, 6) is 0.984. The molecule has 0 saturated heterocycles. The number of benzene rings is 2. The first-order valence-corrected chi connectivity index (χ1v) is 11.4. The molecule has 4 rings (SSSR count). The zero-order valence-electron chi connectivity index (χ0n) is 15.0. The molecule has 0 unspecified atom stereocenters. The molecule has 5 nitrogen and oxygen atoms in total. The number of halogens is 2. The van der Waals surface area contributed by atoms with Crippen LogP contribution < -0.4 is 10.0 Å². The van der Waals surface area contributed by atoms with Crippen LogP contribution in [-0.2, 0) is 10.0 Å². The predicted octanol–water partition coefficient (Wildman–Crippen LogP) is 4.71. The predicted molar refractivity (Wildman–Crippen MR) is 110 cm³/mol. The molecule has 8 heteroatoms. The van der Waals surface area contributed by atoms with Crippen LogP contribution in [0.1, 0.15) is 36.0 Å². The van der Waals surface area contributed by atoms with Gasteiger partial charge in [-0.15, -0.1) is 0 Å². The lowest BCUT2D eigenvalue weighted by molar-refractivity contribution is 0.0923. The van der Waals surface area contributed by atoms with Gasteiger partial charge < -0.3 is 5.32 Å². The molecule has 2 fully saturated rings. The molecule has 2 aromatic rings. The summed E-state index contributed by atoms with van der Waals surface area (Å²) in [6, 6.07) is 10.6. The van der Waals surface area contributed by atoms with Gasteiger partial charge in [0.15, 0.2) is 0 Å². The number of rotatable bonds is 5. The first-order chi connectivity index (χ1) is 13.3. The van der Waals surface area contributed by atoms with Crippen molar-refractivity contribution in [3.63, 3.8) is 0 Å². The van der Waals surface area contributed by atoms with Gasteiger partial charge in [-0.3, -0.25) is 9.52 Å². The minimum atomic E-state index is -3.80. The minimum absolute atomic E-state index is 0.0832. The van der Waals surface area contributed by atoms with Crippen molar-refractivity contribution in [3.05, 3.63) is 58.1 Å². The molecule has 0 spiro atoms. The molecule has 3 atom stereocenters. The van der Waals surface area contributed by atoms with Gasteiger partial charge in [-0.1, -0.05) is 29.6 Å². The number of nitrogens with one attached hydrogen (secondary N) is 2. The molecule has 148 valence electrons. The van der Waals surface area contributed by atoms with Gasteiger partial charge in [0.1, 0.15) is 0 Å². The van der Waals surface area contributed by atoms with Crippen LogP contribution in [0.4, 0.5) is 5.69 Å². The maximum atomic E-state index is 12.7. The fourth-order valence-corrected chi connectivity index (χ4v) is 5.64. The van der Waals surface area contributed by atoms with E-state index < -0.39 is 10.0 Å². The highest BCUT2D eigenvalue weighted by Gasteiger charge is 2.40. The Kier molecular flexibility index (Phi) is 5.29. The monoisotopic (exact) mass is 438 g/mol. The summed E-state index contributed by atoms with van der Waals surface area (Å²) in [6.07, 6.45) is 4.60. The topological polar surface area (TPSA) is 75.3 Å². The lowest BCUT2D eigenvalue weighted by Crippen LogP contribution is -2.38. The van der Waals surface area contributed by atoms with Crippen molar-refractivity contribution < 1.29 is 13.2 Å². The van der Waals surface area contributed by atoms with Gasteiger partial charge in [-0.2, -0.15) is 0 Å². The zero-order chi connectivity index (χ0) is 19.9. The van der Waals surface area contributed by atoms with Gasteiger partial charge in [-0.25, -0.2) is 8.42 Å². The fraction of sp³-hybridized carbons (Fsp3) is 0.350. The minimum Gasteiger partial charge on any atom is -0.349 e. The van der Waals surface area contributed by atoms with Crippen molar-refractivity contribution in [3.8, 4) is 0 Å². The molecule has 2 aromatic carbocycles. The number of sulfonamides is 1. The van der Waals surface area contributed by atoms with Crippen LogP contribution in [-0.4, -0.2) is 20.4 Å². The summed E-state index contributed by atoms with van der Waals surface area (Å²) >= 11 is 12.0. The van der Waals surface area contributed by atoms with E-state index in [-0.39, 0.29) is 33.1 Å². The molecule has 2 N–H and O–H groups in total. The van der Waals surface area contributed by atoms with Crippen LogP contribution in [0.3, 0.4) is 0 Å². The molecule has 1 amide bonds. The number of carbonyl (C=O) groups is 1. The first-order valence-electron chi connectivity index (χ1n) is 9.20. The van der Waals surface area contributed by atoms with Crippen LogP contribution in [0.5, 0.6) is 0 Å². The third-order valence-electron chi connectivity index (χ3n) is 5.64. The van der Waals surface area contributed by atoms with Gasteiger partial charge in [0.25, 0.3) is 15.9 Å². The van der Waals surface area contributed by atoms with E-state index in [1.165, 1.54) is 55.3 Å². The Bertz CT molecular complexity index is 1010. The van der Waals surface area contributed by atoms with Crippen molar-refractivity contribution in [2.45, 2.75) is 36.6 Å². The standard InChI is InChI=1S/C20H20Cl2N2O3S/c21-14-3-6-16(7-4-14)28(26,27)24-15-5-8-18(22)17(11-15)20(25)23-19-10-12-1-2-13(19)9-12/h3-8,11-13,19,24H,1-2,9-10H2,(H,23,25)/t12-,13-,19-/m0/s1. The van der Waals surface area contributed by atoms with Gasteiger partial charge >= 0.3 is 0 Å². The number of amides is 1. The Morgan fingerprint density at radius 3 is 2.39 bits per heavy atom. The van der Waals surface area contributed by atoms with Crippen LogP contribution in [0.2, 0.25) is 10.0 Å². The molecule has 2 saturated carbocycles. The van der Waals surface area contributed by atoms with E-state index >= 15 is 0 Å². The Hall–Kier alpha value is -1.76. The lowest BCUT2D eigenvalue weighted by Gasteiger charge is -2.23. The van der Waals surface area contributed by atoms with E-state index in [9.17, 15) is 13.2 Å². The maximum absolute atomic E-state index is 12.7. The van der Waals surface area contributed by atoms with Crippen molar-refractivity contribution in [2.24, 2.45) is 11.8 Å². The Morgan fingerprint density at radius 1 is 1.00 bits per heavy atom. The highest BCUT2D eigenvalue weighted by molar-refractivity contribution is 7.92. The number of hydrogen-bond acceptors (Lipinski definition) is 3. The molecule has 0 aliphatic heterocycles. The summed E-state index contributed by atoms with van der Waals surface area (Å²) < 4.78 is 27.6. The average molecular weight is 439 g/mol. The third kappa shape index (κ3) is 4.00. The quantitative estimate of drug-likeness (QED) is 0.709. The fourth-order valence-electron chi connectivity index (χ4n) is 4.26. The summed E-state index contributed by atoms with van der Waals surface area (Å²) in [5, 5.41) is 3.82. The largest absolute Gasteiger partial charge is 0.349 e. The van der Waals surface area contributed by atoms with Crippen LogP contribution in [0.15, 0.2) is 47.4 Å². The van der Waals surface area contributed by atoms with Crippen molar-refractivity contribution in [2.75, 3.05) is 4.72 Å². The Balaban J connectivity index is 1.52. The number of hydrogen-bond donors (Lipinski definition) is 2. The second-order valence-electron chi connectivity index (χ2n) is 7.51. The van der Waals surface area contributed by atoms with Crippen LogP contribution in [0.25, 0.3) is 0 Å². The average Bonchev–Trinajstić information content (AvgIpc) is 3.26. The second kappa shape index (κ2) is 7.58. The molecular weight excluding hydrogens is 419 g/mol. The van der Waals surface area contributed by atoms with Gasteiger partial charge in [-0.05, 0) is 73.6 Å². The molecular formula is C20H20Cl2N2O3S. The molecule has 2 aliphatic carbocycles. The maximum Gasteiger partial charge on any atom is 0.261 e. The van der Waals surface area contributed by atoms with E-state index in [2.05, 4.69) is 10.0 Å². The molecule has 0 heterocycles. The van der Waals surface area contributed by atoms with Gasteiger partial charge in [0.2, 0.25) is 0 Å². The van der Waals surface area contributed by atoms with Gasteiger partial charge in [0, 0.05) is 16.8 Å². The Morgan fingerprint density at radius 2 is 1.75 bits per heavy atom. The van der Waals surface area contributed by atoms with Crippen LogP contribution in [0, 0.1) is 11.8 Å². The number of fused-ring (bicyclic) bond motifs is 2. The zero-order valence-corrected chi connectivity index (χ0v) is 17.3. The van der Waals surface area contributed by atoms with Gasteiger partial charge in [0.05, 0.1) is 15.5 Å². The molecule has 28 heavy (non-hydrogen) atoms. The molecule has 2 bridgehead atoms. The highest BCUT2D eigenvalue weighted by Crippen LogP contribution is 2.44. The summed E-state index contributed by atoms with van der Waals surface area (Å²) in [6.45, 7) is 0. The van der Waals surface area contributed by atoms with Crippen molar-refractivity contribution >= 4 is 44.8 Å². The van der Waals surface area contributed by atoms with Crippen molar-refractivity contribution in [1.82, 2.24) is 5.32 Å². The SMILES string of the molecule is O=C(N[C@H]1C[C@H]2CC[C@H]1C2)c1cc(NS(=O)(=O)c2ccc(Cl)cc2)ccc1Cl. The number of carbonyl (C=O) groups excluding carboxylic acids is 1. The Labute approximate surface area is 174 Å². The van der Waals surface area contributed by atoms with Crippen molar-refractivity contribution in [1.29, 1.82) is 0 Å². The van der Waals surface area contributed by atoms with E-state index in [1.54, 1.807) is 0 Å².